The van der Waals surface area contributed by atoms with Gasteiger partial charge in [0.15, 0.2) is 0 Å². The Morgan fingerprint density at radius 1 is 1.05 bits per heavy atom. The zero-order valence-electron chi connectivity index (χ0n) is 22.0. The summed E-state index contributed by atoms with van der Waals surface area (Å²) in [4.78, 5) is 51.2. The van der Waals surface area contributed by atoms with Crippen molar-refractivity contribution in [2.24, 2.45) is 5.92 Å². The van der Waals surface area contributed by atoms with Crippen LogP contribution in [0, 0.1) is 5.92 Å². The number of thioether (sulfide) groups is 1. The molecule has 11 nitrogen and oxygen atoms in total. The number of methoxy groups -OCH3 is 2. The first-order valence-corrected chi connectivity index (χ1v) is 14.8. The molecule has 2 aromatic rings. The Morgan fingerprint density at radius 2 is 1.73 bits per heavy atom. The van der Waals surface area contributed by atoms with Crippen molar-refractivity contribution in [3.05, 3.63) is 64.6 Å². The number of piperidine rings is 1. The van der Waals surface area contributed by atoms with Crippen LogP contribution in [0.4, 0.5) is 4.79 Å². The van der Waals surface area contributed by atoms with E-state index in [1.165, 1.54) is 29.6 Å². The number of carbonyl (C=O) groups is 4. The van der Waals surface area contributed by atoms with Gasteiger partial charge in [-0.05, 0) is 60.5 Å². The average molecular weight is 588 g/mol. The highest BCUT2D eigenvalue weighted by molar-refractivity contribution is 8.18. The monoisotopic (exact) mass is 587 g/mol. The van der Waals surface area contributed by atoms with E-state index in [0.29, 0.717) is 10.7 Å². The molecule has 3 amide bonds. The maximum absolute atomic E-state index is 13.2. The molecule has 2 aliphatic rings. The molecule has 40 heavy (non-hydrogen) atoms. The van der Waals surface area contributed by atoms with E-state index in [-0.39, 0.29) is 55.4 Å². The molecule has 212 valence electrons. The van der Waals surface area contributed by atoms with Crippen molar-refractivity contribution in [3.8, 4) is 5.75 Å². The Hall–Kier alpha value is -3.68. The number of carbonyl (C=O) groups excluding carboxylic acids is 4. The number of nitrogens with zero attached hydrogens (tertiary/aromatic N) is 2. The molecule has 0 radical (unpaired) electrons. The van der Waals surface area contributed by atoms with Crippen LogP contribution in [0.1, 0.15) is 28.8 Å². The maximum Gasteiger partial charge on any atom is 0.339 e. The van der Waals surface area contributed by atoms with Crippen molar-refractivity contribution in [2.45, 2.75) is 17.7 Å². The van der Waals surface area contributed by atoms with Crippen LogP contribution >= 0.6 is 11.8 Å². The highest BCUT2D eigenvalue weighted by atomic mass is 32.2. The molecule has 0 atom stereocenters. The lowest BCUT2D eigenvalue weighted by Crippen LogP contribution is -2.44. The third kappa shape index (κ3) is 6.37. The van der Waals surface area contributed by atoms with Crippen molar-refractivity contribution >= 4 is 50.9 Å². The fraction of sp³-hybridized carbons (Fsp3) is 0.333. The highest BCUT2D eigenvalue weighted by Gasteiger charge is 2.36. The van der Waals surface area contributed by atoms with Crippen LogP contribution in [0.3, 0.4) is 0 Å². The molecule has 0 aromatic heterocycles. The predicted octanol–water partition coefficient (Wildman–Crippen LogP) is 2.74. The van der Waals surface area contributed by atoms with Gasteiger partial charge in [0.25, 0.3) is 11.1 Å². The summed E-state index contributed by atoms with van der Waals surface area (Å²) in [6, 6.07) is 12.9. The van der Waals surface area contributed by atoms with Crippen molar-refractivity contribution in [2.75, 3.05) is 40.4 Å². The Kier molecular flexibility index (Phi) is 9.28. The van der Waals surface area contributed by atoms with Crippen LogP contribution in [0.15, 0.2) is 58.3 Å². The van der Waals surface area contributed by atoms with E-state index in [9.17, 15) is 27.6 Å². The van der Waals surface area contributed by atoms with E-state index in [2.05, 4.69) is 5.32 Å². The lowest BCUT2D eigenvalue weighted by molar-refractivity contribution is -0.127. The first-order chi connectivity index (χ1) is 19.1. The number of esters is 1. The second kappa shape index (κ2) is 12.7. The molecule has 2 heterocycles. The van der Waals surface area contributed by atoms with Gasteiger partial charge in [-0.2, -0.15) is 4.31 Å². The molecule has 1 N–H and O–H groups in total. The average Bonchev–Trinajstić information content (AvgIpc) is 3.24. The van der Waals surface area contributed by atoms with Crippen molar-refractivity contribution in [1.82, 2.24) is 14.5 Å². The summed E-state index contributed by atoms with van der Waals surface area (Å²) in [5, 5.41) is 2.35. The molecule has 13 heteroatoms. The molecule has 0 bridgehead atoms. The minimum Gasteiger partial charge on any atom is -0.497 e. The van der Waals surface area contributed by atoms with E-state index in [1.807, 2.05) is 0 Å². The third-order valence-corrected chi connectivity index (χ3v) is 9.52. The molecule has 4 rings (SSSR count). The topological polar surface area (TPSA) is 139 Å². The molecule has 2 aliphatic heterocycles. The third-order valence-electron chi connectivity index (χ3n) is 6.66. The van der Waals surface area contributed by atoms with Crippen molar-refractivity contribution < 1.29 is 37.1 Å². The number of sulfonamides is 1. The highest BCUT2D eigenvalue weighted by Crippen LogP contribution is 2.32. The molecule has 2 aromatic carbocycles. The van der Waals surface area contributed by atoms with Crippen molar-refractivity contribution in [1.29, 1.82) is 0 Å². The van der Waals surface area contributed by atoms with Crippen LogP contribution in [0.25, 0.3) is 6.08 Å². The molecular weight excluding hydrogens is 558 g/mol. The zero-order valence-corrected chi connectivity index (χ0v) is 23.6. The van der Waals surface area contributed by atoms with Crippen LogP contribution in [0.5, 0.6) is 5.75 Å². The summed E-state index contributed by atoms with van der Waals surface area (Å²) in [7, 11) is -1.22. The van der Waals surface area contributed by atoms with Gasteiger partial charge in [0.2, 0.25) is 15.9 Å². The summed E-state index contributed by atoms with van der Waals surface area (Å²) in [5.41, 5.74) is 0.706. The van der Waals surface area contributed by atoms with E-state index >= 15 is 0 Å². The van der Waals surface area contributed by atoms with Crippen LogP contribution in [0.2, 0.25) is 0 Å². The predicted molar refractivity (Wildman–Crippen MR) is 148 cm³/mol. The Labute approximate surface area is 236 Å². The number of rotatable bonds is 9. The summed E-state index contributed by atoms with van der Waals surface area (Å²) in [5.74, 6) is -1.19. The number of hydrogen-bond donors (Lipinski definition) is 1. The minimum absolute atomic E-state index is 0.0217. The van der Waals surface area contributed by atoms with Gasteiger partial charge in [-0.1, -0.05) is 24.3 Å². The Morgan fingerprint density at radius 3 is 2.38 bits per heavy atom. The first-order valence-electron chi connectivity index (χ1n) is 12.5. The second-order valence-electron chi connectivity index (χ2n) is 9.06. The fourth-order valence-electron chi connectivity index (χ4n) is 4.45. The number of imide groups is 1. The summed E-state index contributed by atoms with van der Waals surface area (Å²) in [6.45, 7) is 0.315. The SMILES string of the molecule is COC(=O)c1ccccc1S(=O)(=O)N1CCC(C(=O)NCCN2C(=O)S/C(=C/c3ccc(OC)cc3)C2=O)CC1. The number of benzene rings is 2. The van der Waals surface area contributed by atoms with Gasteiger partial charge >= 0.3 is 5.97 Å². The number of nitrogens with one attached hydrogen (secondary N) is 1. The van der Waals surface area contributed by atoms with Gasteiger partial charge < -0.3 is 14.8 Å². The summed E-state index contributed by atoms with van der Waals surface area (Å²) in [6.07, 6.45) is 2.21. The number of amides is 3. The normalized spacial score (nSPS) is 17.8. The maximum atomic E-state index is 13.2. The summed E-state index contributed by atoms with van der Waals surface area (Å²) >= 11 is 0.841. The Bertz CT molecular complexity index is 1430. The van der Waals surface area contributed by atoms with E-state index in [1.54, 1.807) is 43.5 Å². The molecular formula is C27H29N3O8S2. The molecule has 0 spiro atoms. The molecule has 2 saturated heterocycles. The lowest BCUT2D eigenvalue weighted by Gasteiger charge is -2.31. The van der Waals surface area contributed by atoms with E-state index in [0.717, 1.165) is 22.2 Å². The second-order valence-corrected chi connectivity index (χ2v) is 12.0. The number of hydrogen-bond acceptors (Lipinski definition) is 9. The van der Waals surface area contributed by atoms with Crippen molar-refractivity contribution in [3.63, 3.8) is 0 Å². The molecule has 0 aliphatic carbocycles. The zero-order chi connectivity index (χ0) is 28.9. The van der Waals surface area contributed by atoms with Gasteiger partial charge in [-0.25, -0.2) is 13.2 Å². The molecule has 0 unspecified atom stereocenters. The van der Waals surface area contributed by atoms with Gasteiger partial charge in [0.05, 0.1) is 29.6 Å². The summed E-state index contributed by atoms with van der Waals surface area (Å²) < 4.78 is 37.5. The van der Waals surface area contributed by atoms with E-state index in [4.69, 9.17) is 9.47 Å². The van der Waals surface area contributed by atoms with Crippen LogP contribution < -0.4 is 10.1 Å². The standard InChI is InChI=1S/C27H29N3O8S2/c1-37-20-9-7-18(8-10-20)17-22-25(32)30(27(34)39-22)16-13-28-24(31)19-11-14-29(15-12-19)40(35,36)23-6-4-3-5-21(23)26(33)38-2/h3-10,17,19H,11-16H2,1-2H3,(H,28,31)/b22-17+. The quantitative estimate of drug-likeness (QED) is 0.347. The Balaban J connectivity index is 1.28. The molecule has 2 fully saturated rings. The van der Waals surface area contributed by atoms with Gasteiger partial charge in [0, 0.05) is 32.1 Å². The van der Waals surface area contributed by atoms with Crippen LogP contribution in [-0.4, -0.2) is 81.0 Å². The van der Waals surface area contributed by atoms with Crippen LogP contribution in [-0.2, 0) is 24.3 Å². The largest absolute Gasteiger partial charge is 0.497 e. The first kappa shape index (κ1) is 29.3. The minimum atomic E-state index is -3.96. The van der Waals surface area contributed by atoms with E-state index < -0.39 is 33.1 Å². The smallest absolute Gasteiger partial charge is 0.339 e. The van der Waals surface area contributed by atoms with Gasteiger partial charge in [0.1, 0.15) is 5.75 Å². The van der Waals surface area contributed by atoms with Gasteiger partial charge in [-0.3, -0.25) is 19.3 Å². The lowest BCUT2D eigenvalue weighted by atomic mass is 9.97. The number of ether oxygens (including phenoxy) is 2. The van der Waals surface area contributed by atoms with Gasteiger partial charge in [-0.15, -0.1) is 0 Å². The molecule has 0 saturated carbocycles. The fourth-order valence-corrected chi connectivity index (χ4v) is 6.96.